The van der Waals surface area contributed by atoms with Crippen LogP contribution in [0.1, 0.15) is 11.3 Å². The van der Waals surface area contributed by atoms with Crippen molar-refractivity contribution in [3.63, 3.8) is 0 Å². The van der Waals surface area contributed by atoms with Crippen LogP contribution >= 0.6 is 28.1 Å². The number of halogens is 1. The quantitative estimate of drug-likeness (QED) is 0.404. The lowest BCUT2D eigenvalue weighted by Crippen LogP contribution is -2.33. The van der Waals surface area contributed by atoms with Crippen molar-refractivity contribution in [1.82, 2.24) is 9.80 Å². The Morgan fingerprint density at radius 1 is 1.33 bits per heavy atom. The standard InChI is InChI=1S/C19H17BrN2O4S/c1-11-8-12(4-6-14(11)20)16-7-5-13(26-16)9-15-18(24)21(2)19(27)22(15)10-17(23)25-3/h4-9H,10H2,1-3H3/b15-9-. The zero-order valence-electron chi connectivity index (χ0n) is 15.0. The van der Waals surface area contributed by atoms with Crippen molar-refractivity contribution >= 4 is 51.2 Å². The second kappa shape index (κ2) is 7.66. The van der Waals surface area contributed by atoms with E-state index >= 15 is 0 Å². The first-order valence-electron chi connectivity index (χ1n) is 8.06. The number of esters is 1. The van der Waals surface area contributed by atoms with Gasteiger partial charge in [-0.25, -0.2) is 0 Å². The minimum atomic E-state index is -0.489. The monoisotopic (exact) mass is 448 g/mol. The van der Waals surface area contributed by atoms with E-state index < -0.39 is 5.97 Å². The Hall–Kier alpha value is -2.45. The Morgan fingerprint density at radius 3 is 2.74 bits per heavy atom. The first-order valence-corrected chi connectivity index (χ1v) is 9.26. The highest BCUT2D eigenvalue weighted by molar-refractivity contribution is 9.10. The number of rotatable bonds is 4. The van der Waals surface area contributed by atoms with Gasteiger partial charge in [-0.3, -0.25) is 14.5 Å². The summed E-state index contributed by atoms with van der Waals surface area (Å²) in [6.45, 7) is 1.86. The number of ether oxygens (including phenoxy) is 1. The molecule has 1 aliphatic rings. The van der Waals surface area contributed by atoms with Crippen LogP contribution in [0.3, 0.4) is 0 Å². The Labute approximate surface area is 170 Å². The lowest BCUT2D eigenvalue weighted by molar-refractivity contribution is -0.140. The van der Waals surface area contributed by atoms with Crippen LogP contribution in [0, 0.1) is 6.92 Å². The summed E-state index contributed by atoms with van der Waals surface area (Å²) in [5.74, 6) is 0.374. The average Bonchev–Trinajstić information content (AvgIpc) is 3.19. The fourth-order valence-electron chi connectivity index (χ4n) is 2.66. The summed E-state index contributed by atoms with van der Waals surface area (Å²) in [6, 6.07) is 9.51. The summed E-state index contributed by atoms with van der Waals surface area (Å²) in [7, 11) is 2.85. The van der Waals surface area contributed by atoms with Crippen LogP contribution in [0.4, 0.5) is 0 Å². The van der Waals surface area contributed by atoms with Crippen molar-refractivity contribution in [3.8, 4) is 11.3 Å². The SMILES string of the molecule is COC(=O)CN1C(=S)N(C)C(=O)/C1=C/c1ccc(-c2ccc(Br)c(C)c2)o1. The summed E-state index contributed by atoms with van der Waals surface area (Å²) in [5, 5.41) is 0.243. The summed E-state index contributed by atoms with van der Waals surface area (Å²) in [6.07, 6.45) is 1.58. The molecule has 0 atom stereocenters. The molecule has 1 aliphatic heterocycles. The highest BCUT2D eigenvalue weighted by Gasteiger charge is 2.37. The lowest BCUT2D eigenvalue weighted by atomic mass is 10.1. The Bertz CT molecular complexity index is 966. The van der Waals surface area contributed by atoms with Crippen LogP contribution in [-0.2, 0) is 14.3 Å². The van der Waals surface area contributed by atoms with Gasteiger partial charge in [0.15, 0.2) is 5.11 Å². The smallest absolute Gasteiger partial charge is 0.325 e. The van der Waals surface area contributed by atoms with E-state index in [0.29, 0.717) is 11.5 Å². The first-order chi connectivity index (χ1) is 12.8. The van der Waals surface area contributed by atoms with Gasteiger partial charge in [0.2, 0.25) is 0 Å². The molecule has 2 heterocycles. The average molecular weight is 449 g/mol. The van der Waals surface area contributed by atoms with Crippen molar-refractivity contribution in [1.29, 1.82) is 0 Å². The van der Waals surface area contributed by atoms with Gasteiger partial charge < -0.3 is 14.1 Å². The third-order valence-electron chi connectivity index (χ3n) is 4.20. The number of thiocarbonyl (C=S) groups is 1. The highest BCUT2D eigenvalue weighted by Crippen LogP contribution is 2.29. The van der Waals surface area contributed by atoms with Gasteiger partial charge in [-0.15, -0.1) is 0 Å². The number of hydrogen-bond donors (Lipinski definition) is 0. The van der Waals surface area contributed by atoms with Crippen molar-refractivity contribution < 1.29 is 18.7 Å². The third-order valence-corrected chi connectivity index (χ3v) is 5.58. The van der Waals surface area contributed by atoms with Crippen molar-refractivity contribution in [2.45, 2.75) is 6.92 Å². The van der Waals surface area contributed by atoms with Crippen LogP contribution in [0.25, 0.3) is 17.4 Å². The molecular weight excluding hydrogens is 432 g/mol. The van der Waals surface area contributed by atoms with E-state index in [1.165, 1.54) is 16.9 Å². The molecule has 0 aliphatic carbocycles. The number of methoxy groups -OCH3 is 1. The summed E-state index contributed by atoms with van der Waals surface area (Å²) < 4.78 is 11.6. The fraction of sp³-hybridized carbons (Fsp3) is 0.211. The van der Waals surface area contributed by atoms with Gasteiger partial charge in [0.1, 0.15) is 23.8 Å². The predicted molar refractivity (Wildman–Crippen MR) is 109 cm³/mol. The number of hydrogen-bond acceptors (Lipinski definition) is 5. The van der Waals surface area contributed by atoms with E-state index in [9.17, 15) is 9.59 Å². The van der Waals surface area contributed by atoms with E-state index in [0.717, 1.165) is 15.6 Å². The minimum absolute atomic E-state index is 0.142. The lowest BCUT2D eigenvalue weighted by Gasteiger charge is -2.16. The maximum atomic E-state index is 12.5. The molecule has 1 aromatic carbocycles. The molecule has 0 spiro atoms. The van der Waals surface area contributed by atoms with Gasteiger partial charge in [-0.2, -0.15) is 0 Å². The molecule has 27 heavy (non-hydrogen) atoms. The fourth-order valence-corrected chi connectivity index (χ4v) is 3.16. The number of amides is 1. The summed E-state index contributed by atoms with van der Waals surface area (Å²) in [4.78, 5) is 26.9. The van der Waals surface area contributed by atoms with E-state index in [-0.39, 0.29) is 23.3 Å². The second-order valence-electron chi connectivity index (χ2n) is 6.00. The summed E-state index contributed by atoms with van der Waals surface area (Å²) in [5.41, 5.74) is 2.28. The predicted octanol–water partition coefficient (Wildman–Crippen LogP) is 3.59. The van der Waals surface area contributed by atoms with E-state index in [1.807, 2.05) is 31.2 Å². The zero-order valence-corrected chi connectivity index (χ0v) is 17.4. The molecule has 0 radical (unpaired) electrons. The first kappa shape index (κ1) is 19.3. The number of carbonyl (C=O) groups excluding carboxylic acids is 2. The van der Waals surface area contributed by atoms with Gasteiger partial charge in [0.25, 0.3) is 5.91 Å². The topological polar surface area (TPSA) is 63.0 Å². The Morgan fingerprint density at radius 2 is 2.07 bits per heavy atom. The molecule has 1 amide bonds. The minimum Gasteiger partial charge on any atom is -0.468 e. The van der Waals surface area contributed by atoms with E-state index in [4.69, 9.17) is 16.6 Å². The van der Waals surface area contributed by atoms with Crippen LogP contribution in [0.2, 0.25) is 0 Å². The van der Waals surface area contributed by atoms with Gasteiger partial charge >= 0.3 is 5.97 Å². The van der Waals surface area contributed by atoms with Crippen molar-refractivity contribution in [2.24, 2.45) is 0 Å². The van der Waals surface area contributed by atoms with Crippen LogP contribution < -0.4 is 0 Å². The normalized spacial score (nSPS) is 15.8. The molecule has 1 saturated heterocycles. The highest BCUT2D eigenvalue weighted by atomic mass is 79.9. The molecule has 0 N–H and O–H groups in total. The molecular formula is C19H17BrN2O4S. The van der Waals surface area contributed by atoms with Crippen molar-refractivity contribution in [3.05, 3.63) is 51.8 Å². The molecule has 0 saturated carbocycles. The second-order valence-corrected chi connectivity index (χ2v) is 7.22. The number of likely N-dealkylation sites (N-methyl/N-ethyl adjacent to an activating group) is 1. The van der Waals surface area contributed by atoms with Crippen molar-refractivity contribution in [2.75, 3.05) is 20.7 Å². The number of carbonyl (C=O) groups is 2. The number of benzene rings is 1. The Balaban J connectivity index is 1.93. The molecule has 6 nitrogen and oxygen atoms in total. The third kappa shape index (κ3) is 3.81. The van der Waals surface area contributed by atoms with Crippen LogP contribution in [0.15, 0.2) is 44.9 Å². The maximum Gasteiger partial charge on any atom is 0.325 e. The van der Waals surface area contributed by atoms with Gasteiger partial charge in [-0.05, 0) is 49.0 Å². The zero-order chi connectivity index (χ0) is 19.7. The molecule has 140 valence electrons. The maximum absolute atomic E-state index is 12.5. The molecule has 0 bridgehead atoms. The van der Waals surface area contributed by atoms with Crippen LogP contribution in [-0.4, -0.2) is 47.5 Å². The number of nitrogens with zero attached hydrogens (tertiary/aromatic N) is 2. The largest absolute Gasteiger partial charge is 0.468 e. The van der Waals surface area contributed by atoms with Gasteiger partial charge in [0, 0.05) is 23.2 Å². The molecule has 8 heteroatoms. The molecule has 1 fully saturated rings. The number of aryl methyl sites for hydroxylation is 1. The van der Waals surface area contributed by atoms with Gasteiger partial charge in [-0.1, -0.05) is 22.0 Å². The molecule has 2 aromatic rings. The molecule has 3 rings (SSSR count). The van der Waals surface area contributed by atoms with E-state index in [1.54, 1.807) is 19.2 Å². The number of furan rings is 1. The van der Waals surface area contributed by atoms with Crippen LogP contribution in [0.5, 0.6) is 0 Å². The Kier molecular flexibility index (Phi) is 5.48. The molecule has 1 aromatic heterocycles. The van der Waals surface area contributed by atoms with E-state index in [2.05, 4.69) is 20.7 Å². The van der Waals surface area contributed by atoms with Gasteiger partial charge in [0.05, 0.1) is 7.11 Å². The summed E-state index contributed by atoms with van der Waals surface area (Å²) >= 11 is 8.73. The molecule has 0 unspecified atom stereocenters.